The lowest BCUT2D eigenvalue weighted by atomic mass is 9.98. The van der Waals surface area contributed by atoms with Crippen molar-refractivity contribution in [1.29, 1.82) is 0 Å². The first-order valence-electron chi connectivity index (χ1n) is 7.83. The van der Waals surface area contributed by atoms with E-state index in [1.165, 1.54) is 10.9 Å². The Labute approximate surface area is 162 Å². The Morgan fingerprint density at radius 3 is 2.85 bits per heavy atom. The van der Waals surface area contributed by atoms with Gasteiger partial charge in [-0.15, -0.1) is 0 Å². The van der Waals surface area contributed by atoms with Gasteiger partial charge in [-0.25, -0.2) is 9.37 Å². The monoisotopic (exact) mass is 443 g/mol. The number of nitrogens with two attached hydrogens (primary N) is 1. The molecule has 1 saturated heterocycles. The van der Waals surface area contributed by atoms with Crippen molar-refractivity contribution in [3.05, 3.63) is 6.33 Å². The largest absolute Gasteiger partial charge is 0.476 e. The number of ether oxygens (including phenoxy) is 2. The first-order valence-corrected chi connectivity index (χ1v) is 11.3. The molecule has 0 bridgehead atoms. The summed E-state index contributed by atoms with van der Waals surface area (Å²) in [5, 5.41) is 10.3. The third kappa shape index (κ3) is 3.98. The van der Waals surface area contributed by atoms with Crippen molar-refractivity contribution in [1.82, 2.24) is 19.5 Å². The van der Waals surface area contributed by atoms with Gasteiger partial charge in [-0.1, -0.05) is 0 Å². The number of hydrogen-bond acceptors (Lipinski definition) is 9. The van der Waals surface area contributed by atoms with Gasteiger partial charge in [0.05, 0.1) is 19.5 Å². The summed E-state index contributed by atoms with van der Waals surface area (Å²) in [5.74, 6) is 0.0415. The lowest BCUT2D eigenvalue weighted by molar-refractivity contribution is -0.0532. The van der Waals surface area contributed by atoms with Crippen LogP contribution in [0.3, 0.4) is 0 Å². The first kappa shape index (κ1) is 20.5. The average molecular weight is 444 g/mol. The zero-order valence-electron chi connectivity index (χ0n) is 14.3. The number of imidazole rings is 1. The Hall–Kier alpha value is -1.23. The number of aliphatic hydroxyl groups is 1. The summed E-state index contributed by atoms with van der Waals surface area (Å²) in [6.07, 6.45) is -6.73. The Morgan fingerprint density at radius 2 is 2.22 bits per heavy atom. The SMILES string of the molecule is CCOc1nc(N)nc2c1ncn2C1OC(COP(=O)(Cl)Cl)C(O)C1(C)F. The predicted molar refractivity (Wildman–Crippen MR) is 95.6 cm³/mol. The zero-order chi connectivity index (χ0) is 20.0. The number of nitrogens with zero attached hydrogens (tertiary/aromatic N) is 4. The summed E-state index contributed by atoms with van der Waals surface area (Å²) in [7, 11) is 0. The van der Waals surface area contributed by atoms with E-state index in [2.05, 4.69) is 15.0 Å². The molecule has 14 heteroatoms. The van der Waals surface area contributed by atoms with Crippen molar-refractivity contribution in [2.75, 3.05) is 18.9 Å². The molecular weight excluding hydrogens is 427 g/mol. The van der Waals surface area contributed by atoms with E-state index in [0.29, 0.717) is 6.61 Å². The van der Waals surface area contributed by atoms with Crippen molar-refractivity contribution in [2.45, 2.75) is 38.0 Å². The molecular formula is C13H17Cl2FN5O5P. The normalized spacial score (nSPS) is 28.7. The molecule has 3 rings (SSSR count). The van der Waals surface area contributed by atoms with Gasteiger partial charge >= 0.3 is 6.07 Å². The summed E-state index contributed by atoms with van der Waals surface area (Å²) in [6, 6.07) is 0. The van der Waals surface area contributed by atoms with Gasteiger partial charge in [-0.2, -0.15) is 9.97 Å². The number of fused-ring (bicyclic) bond motifs is 1. The van der Waals surface area contributed by atoms with Gasteiger partial charge in [-0.05, 0) is 36.3 Å². The molecule has 3 N–H and O–H groups in total. The van der Waals surface area contributed by atoms with Gasteiger partial charge in [0.2, 0.25) is 11.8 Å². The average Bonchev–Trinajstić information content (AvgIpc) is 3.05. The van der Waals surface area contributed by atoms with E-state index in [9.17, 15) is 9.67 Å². The zero-order valence-corrected chi connectivity index (χ0v) is 16.7. The second-order valence-electron chi connectivity index (χ2n) is 5.98. The van der Waals surface area contributed by atoms with E-state index in [1.807, 2.05) is 0 Å². The minimum absolute atomic E-state index is 0.100. The molecule has 0 aliphatic carbocycles. The Kier molecular flexibility index (Phi) is 5.55. The third-order valence-electron chi connectivity index (χ3n) is 4.05. The van der Waals surface area contributed by atoms with Gasteiger partial charge in [0.15, 0.2) is 23.1 Å². The fraction of sp³-hybridized carbons (Fsp3) is 0.615. The number of aliphatic hydroxyl groups excluding tert-OH is 1. The number of nitrogen functional groups attached to an aromatic ring is 1. The fourth-order valence-electron chi connectivity index (χ4n) is 2.83. The molecule has 0 aromatic carbocycles. The van der Waals surface area contributed by atoms with Crippen molar-refractivity contribution in [3.8, 4) is 5.88 Å². The number of alkyl halides is 1. The number of rotatable bonds is 6. The van der Waals surface area contributed by atoms with E-state index in [0.717, 1.165) is 6.92 Å². The van der Waals surface area contributed by atoms with Gasteiger partial charge in [-0.3, -0.25) is 9.13 Å². The minimum atomic E-state index is -3.87. The maximum absolute atomic E-state index is 15.3. The van der Waals surface area contributed by atoms with Gasteiger partial charge in [0.1, 0.15) is 12.2 Å². The van der Waals surface area contributed by atoms with Crippen LogP contribution in [0.5, 0.6) is 5.88 Å². The van der Waals surface area contributed by atoms with Crippen molar-refractivity contribution >= 4 is 45.7 Å². The molecule has 3 heterocycles. The quantitative estimate of drug-likeness (QED) is 0.644. The van der Waals surface area contributed by atoms with Crippen LogP contribution in [0.15, 0.2) is 6.33 Å². The van der Waals surface area contributed by atoms with Crippen LogP contribution in [0.1, 0.15) is 20.1 Å². The van der Waals surface area contributed by atoms with Crippen LogP contribution in [0, 0.1) is 0 Å². The third-order valence-corrected chi connectivity index (χ3v) is 5.08. The van der Waals surface area contributed by atoms with Crippen LogP contribution in [0.25, 0.3) is 11.2 Å². The molecule has 1 aliphatic heterocycles. The highest BCUT2D eigenvalue weighted by atomic mass is 35.9. The van der Waals surface area contributed by atoms with Gasteiger partial charge < -0.3 is 24.8 Å². The van der Waals surface area contributed by atoms with E-state index in [4.69, 9.17) is 42.2 Å². The Morgan fingerprint density at radius 1 is 1.52 bits per heavy atom. The lowest BCUT2D eigenvalue weighted by Gasteiger charge is -2.24. The molecule has 150 valence electrons. The topological polar surface area (TPSA) is 135 Å². The van der Waals surface area contributed by atoms with Gasteiger partial charge in [0, 0.05) is 0 Å². The summed E-state index contributed by atoms with van der Waals surface area (Å²) in [5.41, 5.74) is 3.84. The van der Waals surface area contributed by atoms with Crippen molar-refractivity contribution < 1.29 is 28.1 Å². The molecule has 2 aromatic heterocycles. The maximum atomic E-state index is 15.3. The van der Waals surface area contributed by atoms with E-state index in [-0.39, 0.29) is 23.0 Å². The van der Waals surface area contributed by atoms with Crippen molar-refractivity contribution in [2.24, 2.45) is 0 Å². The maximum Gasteiger partial charge on any atom is 0.380 e. The molecule has 0 spiro atoms. The molecule has 2 aromatic rings. The molecule has 1 fully saturated rings. The molecule has 4 unspecified atom stereocenters. The molecule has 27 heavy (non-hydrogen) atoms. The minimum Gasteiger partial charge on any atom is -0.476 e. The fourth-order valence-corrected chi connectivity index (χ4v) is 3.48. The van der Waals surface area contributed by atoms with Crippen LogP contribution in [-0.4, -0.2) is 55.7 Å². The predicted octanol–water partition coefficient (Wildman–Crippen LogP) is 2.40. The van der Waals surface area contributed by atoms with Crippen LogP contribution in [0.2, 0.25) is 0 Å². The highest BCUT2D eigenvalue weighted by molar-refractivity contribution is 8.05. The molecule has 0 radical (unpaired) electrons. The number of aromatic nitrogens is 4. The van der Waals surface area contributed by atoms with Gasteiger partial charge in [0.25, 0.3) is 0 Å². The van der Waals surface area contributed by atoms with E-state index in [1.54, 1.807) is 6.92 Å². The number of halogens is 3. The summed E-state index contributed by atoms with van der Waals surface area (Å²) >= 11 is 10.6. The Bertz CT molecular complexity index is 893. The molecule has 1 aliphatic rings. The van der Waals surface area contributed by atoms with E-state index >= 15 is 4.39 Å². The van der Waals surface area contributed by atoms with Crippen LogP contribution in [-0.2, 0) is 13.8 Å². The lowest BCUT2D eigenvalue weighted by Crippen LogP contribution is -2.40. The summed E-state index contributed by atoms with van der Waals surface area (Å²) in [6.45, 7) is 2.74. The van der Waals surface area contributed by atoms with Crippen LogP contribution < -0.4 is 10.5 Å². The molecule has 10 nitrogen and oxygen atoms in total. The smallest absolute Gasteiger partial charge is 0.380 e. The molecule has 0 saturated carbocycles. The molecule has 0 amide bonds. The van der Waals surface area contributed by atoms with Crippen LogP contribution in [0.4, 0.5) is 10.3 Å². The second-order valence-corrected chi connectivity index (χ2v) is 10.3. The molecule has 4 atom stereocenters. The second kappa shape index (κ2) is 7.31. The highest BCUT2D eigenvalue weighted by Crippen LogP contribution is 2.58. The highest BCUT2D eigenvalue weighted by Gasteiger charge is 2.55. The summed E-state index contributed by atoms with van der Waals surface area (Å²) in [4.78, 5) is 12.2. The van der Waals surface area contributed by atoms with E-state index < -0.39 is 36.8 Å². The first-order chi connectivity index (χ1) is 12.5. The Balaban J connectivity index is 1.97. The number of hydrogen-bond donors (Lipinski definition) is 2. The van der Waals surface area contributed by atoms with Crippen LogP contribution >= 0.6 is 28.6 Å². The summed E-state index contributed by atoms with van der Waals surface area (Å²) < 4.78 is 43.5. The van der Waals surface area contributed by atoms with Crippen molar-refractivity contribution in [3.63, 3.8) is 0 Å². The number of anilines is 1. The standard InChI is InChI=1S/C13H17Cl2FN5O5P/c1-3-24-10-7-9(19-12(17)20-10)21(5-18-7)11-13(2,16)8(22)6(26-11)4-25-27(14,15)23/h5-6,8,11,22H,3-4H2,1-2H3,(H2,17,19,20).